The van der Waals surface area contributed by atoms with E-state index in [0.717, 1.165) is 38.7 Å². The van der Waals surface area contributed by atoms with Crippen LogP contribution in [-0.4, -0.2) is 32.3 Å². The number of nitrogens with one attached hydrogen (secondary N) is 1. The Morgan fingerprint density at radius 3 is 2.72 bits per heavy atom. The lowest BCUT2D eigenvalue weighted by atomic mass is 10.0. The van der Waals surface area contributed by atoms with Gasteiger partial charge in [0.1, 0.15) is 11.5 Å². The first-order chi connectivity index (χ1) is 15.3. The van der Waals surface area contributed by atoms with Crippen LogP contribution in [-0.2, 0) is 0 Å². The molecule has 0 saturated carbocycles. The van der Waals surface area contributed by atoms with Gasteiger partial charge in [0.15, 0.2) is 0 Å². The van der Waals surface area contributed by atoms with E-state index in [9.17, 15) is 4.79 Å². The van der Waals surface area contributed by atoms with Crippen LogP contribution in [0.2, 0.25) is 5.02 Å². The third kappa shape index (κ3) is 3.61. The van der Waals surface area contributed by atoms with Crippen molar-refractivity contribution in [1.29, 1.82) is 0 Å². The average molecular weight is 465 g/mol. The van der Waals surface area contributed by atoms with E-state index in [1.54, 1.807) is 0 Å². The van der Waals surface area contributed by atoms with Crippen molar-refractivity contribution < 1.29 is 4.79 Å². The van der Waals surface area contributed by atoms with Gasteiger partial charge in [-0.1, -0.05) is 30.7 Å². The third-order valence-corrected chi connectivity index (χ3v) is 7.64. The number of aryl methyl sites for hydroxylation is 3. The topological polar surface area (TPSA) is 61.9 Å². The smallest absolute Gasteiger partial charge is 0.274 e. The fourth-order valence-corrected chi connectivity index (χ4v) is 5.65. The van der Waals surface area contributed by atoms with Crippen molar-refractivity contribution >= 4 is 39.9 Å². The van der Waals surface area contributed by atoms with E-state index in [1.165, 1.54) is 22.5 Å². The monoisotopic (exact) mass is 464 g/mol. The molecule has 0 unspecified atom stereocenters. The Balaban J connectivity index is 1.54. The van der Waals surface area contributed by atoms with Gasteiger partial charge in [-0.2, -0.15) is 0 Å². The number of carbonyl (C=O) groups excluding carboxylic acids is 1. The van der Waals surface area contributed by atoms with Gasteiger partial charge in [0.05, 0.1) is 27.0 Å². The van der Waals surface area contributed by atoms with E-state index in [4.69, 9.17) is 16.6 Å². The molecule has 32 heavy (non-hydrogen) atoms. The number of carbonyl (C=O) groups is 1. The van der Waals surface area contributed by atoms with Crippen LogP contribution in [0.15, 0.2) is 36.4 Å². The lowest BCUT2D eigenvalue weighted by molar-refractivity contribution is 0.0710. The van der Waals surface area contributed by atoms with E-state index in [0.29, 0.717) is 23.2 Å². The molecule has 1 aliphatic heterocycles. The molecular formula is C25H25ClN4OS. The van der Waals surface area contributed by atoms with Crippen LogP contribution in [0, 0.1) is 26.7 Å². The molecule has 7 heteroatoms. The number of nitrogens with zero attached hydrogens (tertiary/aromatic N) is 3. The molecule has 0 bridgehead atoms. The van der Waals surface area contributed by atoms with Crippen LogP contribution in [0.25, 0.3) is 21.5 Å². The summed E-state index contributed by atoms with van der Waals surface area (Å²) in [4.78, 5) is 29.6. The van der Waals surface area contributed by atoms with Gasteiger partial charge in [0, 0.05) is 11.6 Å². The van der Waals surface area contributed by atoms with Gasteiger partial charge in [-0.15, -0.1) is 11.3 Å². The van der Waals surface area contributed by atoms with Gasteiger partial charge in [-0.3, -0.25) is 4.79 Å². The number of likely N-dealkylation sites (tertiary alicyclic amines) is 1. The molecular weight excluding hydrogens is 440 g/mol. The Bertz CT molecular complexity index is 1300. The summed E-state index contributed by atoms with van der Waals surface area (Å²) in [6.45, 7) is 9.00. The maximum atomic E-state index is 13.8. The molecule has 5 nitrogen and oxygen atoms in total. The summed E-state index contributed by atoms with van der Waals surface area (Å²) in [5.74, 6) is 1.10. The third-order valence-electron chi connectivity index (χ3n) is 6.38. The number of H-pyrrole nitrogens is 1. The molecule has 2 aromatic heterocycles. The number of halogens is 1. The number of aromatic nitrogens is 3. The van der Waals surface area contributed by atoms with Crippen LogP contribution < -0.4 is 0 Å². The second-order valence-electron chi connectivity index (χ2n) is 8.71. The van der Waals surface area contributed by atoms with Crippen LogP contribution >= 0.6 is 22.9 Å². The molecule has 2 atom stereocenters. The van der Waals surface area contributed by atoms with Crippen molar-refractivity contribution in [3.8, 4) is 10.4 Å². The second-order valence-corrected chi connectivity index (χ2v) is 10.3. The molecule has 0 radical (unpaired) electrons. The Morgan fingerprint density at radius 1 is 1.16 bits per heavy atom. The molecule has 2 aromatic carbocycles. The average Bonchev–Trinajstić information content (AvgIpc) is 3.44. The van der Waals surface area contributed by atoms with Crippen LogP contribution in [0.5, 0.6) is 0 Å². The summed E-state index contributed by atoms with van der Waals surface area (Å²) in [6.07, 6.45) is 0.932. The SMILES string of the molecule is Cc1nc(C(=O)N2CC[C@H](C)[C@H]2c2nc3cc(C)c(C)cc3[nH]2)c(-c2cccc(Cl)c2)s1. The van der Waals surface area contributed by atoms with Gasteiger partial charge in [-0.05, 0) is 74.1 Å². The highest BCUT2D eigenvalue weighted by molar-refractivity contribution is 7.15. The lowest BCUT2D eigenvalue weighted by Gasteiger charge is -2.25. The largest absolute Gasteiger partial charge is 0.340 e. The molecule has 1 fully saturated rings. The summed E-state index contributed by atoms with van der Waals surface area (Å²) in [6, 6.07) is 11.7. The molecule has 0 spiro atoms. The van der Waals surface area contributed by atoms with Gasteiger partial charge in [0.2, 0.25) is 0 Å². The number of thiazole rings is 1. The molecule has 1 saturated heterocycles. The number of imidazole rings is 1. The predicted molar refractivity (Wildman–Crippen MR) is 130 cm³/mol. The molecule has 1 aliphatic rings. The number of rotatable bonds is 3. The van der Waals surface area contributed by atoms with Gasteiger partial charge in [-0.25, -0.2) is 9.97 Å². The molecule has 4 aromatic rings. The number of hydrogen-bond donors (Lipinski definition) is 1. The summed E-state index contributed by atoms with van der Waals surface area (Å²) < 4.78 is 0. The minimum absolute atomic E-state index is 0.0495. The van der Waals surface area contributed by atoms with Crippen LogP contribution in [0.1, 0.15) is 51.8 Å². The van der Waals surface area contributed by atoms with Crippen molar-refractivity contribution in [2.24, 2.45) is 5.92 Å². The van der Waals surface area contributed by atoms with Crippen LogP contribution in [0.3, 0.4) is 0 Å². The summed E-state index contributed by atoms with van der Waals surface area (Å²) in [7, 11) is 0. The first kappa shape index (κ1) is 21.2. The highest BCUT2D eigenvalue weighted by atomic mass is 35.5. The maximum absolute atomic E-state index is 13.8. The fraction of sp³-hybridized carbons (Fsp3) is 0.320. The molecule has 164 valence electrons. The van der Waals surface area contributed by atoms with Crippen molar-refractivity contribution in [2.75, 3.05) is 6.54 Å². The number of benzene rings is 2. The fourth-order valence-electron chi connectivity index (χ4n) is 4.55. The minimum Gasteiger partial charge on any atom is -0.340 e. The van der Waals surface area contributed by atoms with E-state index in [-0.39, 0.29) is 11.9 Å². The summed E-state index contributed by atoms with van der Waals surface area (Å²) >= 11 is 7.75. The number of aromatic amines is 1. The predicted octanol–water partition coefficient (Wildman–Crippen LogP) is 6.49. The number of amides is 1. The van der Waals surface area contributed by atoms with Gasteiger partial charge in [0.25, 0.3) is 5.91 Å². The Kier molecular flexibility index (Phi) is 5.30. The summed E-state index contributed by atoms with van der Waals surface area (Å²) in [5.41, 5.74) is 5.82. The first-order valence-electron chi connectivity index (χ1n) is 10.8. The first-order valence-corrected chi connectivity index (χ1v) is 12.0. The van der Waals surface area contributed by atoms with Crippen molar-refractivity contribution in [3.63, 3.8) is 0 Å². The zero-order valence-corrected chi connectivity index (χ0v) is 20.1. The van der Waals surface area contributed by atoms with E-state index in [2.05, 4.69) is 42.9 Å². The Morgan fingerprint density at radius 2 is 1.94 bits per heavy atom. The second kappa shape index (κ2) is 8.01. The number of hydrogen-bond acceptors (Lipinski definition) is 4. The highest BCUT2D eigenvalue weighted by Crippen LogP contribution is 2.40. The minimum atomic E-state index is -0.107. The van der Waals surface area contributed by atoms with Gasteiger partial charge >= 0.3 is 0 Å². The quantitative estimate of drug-likeness (QED) is 0.377. The Hall–Kier alpha value is -2.70. The van der Waals surface area contributed by atoms with E-state index < -0.39 is 0 Å². The number of fused-ring (bicyclic) bond motifs is 1. The highest BCUT2D eigenvalue weighted by Gasteiger charge is 2.39. The molecule has 0 aliphatic carbocycles. The van der Waals surface area contributed by atoms with Crippen molar-refractivity contribution in [3.05, 3.63) is 69.1 Å². The molecule has 5 rings (SSSR count). The normalized spacial score (nSPS) is 18.6. The summed E-state index contributed by atoms with van der Waals surface area (Å²) in [5, 5.41) is 1.51. The van der Waals surface area contributed by atoms with Crippen LogP contribution in [0.4, 0.5) is 0 Å². The molecule has 1 amide bonds. The maximum Gasteiger partial charge on any atom is 0.274 e. The zero-order chi connectivity index (χ0) is 22.6. The van der Waals surface area contributed by atoms with Crippen molar-refractivity contribution in [1.82, 2.24) is 19.9 Å². The van der Waals surface area contributed by atoms with Gasteiger partial charge < -0.3 is 9.88 Å². The van der Waals surface area contributed by atoms with E-state index in [1.807, 2.05) is 36.1 Å². The lowest BCUT2D eigenvalue weighted by Crippen LogP contribution is -2.33. The standard InChI is InChI=1S/C25H25ClN4OS/c1-13-8-9-30(22(13)24-28-19-10-14(2)15(3)11-20(19)29-24)25(31)21-23(32-16(4)27-21)17-6-5-7-18(26)12-17/h5-7,10-13,22H,8-9H2,1-4H3,(H,28,29)/t13-,22-/m0/s1. The Labute approximate surface area is 196 Å². The van der Waals surface area contributed by atoms with E-state index >= 15 is 0 Å². The molecule has 1 N–H and O–H groups in total. The van der Waals surface area contributed by atoms with Crippen molar-refractivity contribution in [2.45, 2.75) is 40.2 Å². The molecule has 3 heterocycles. The zero-order valence-electron chi connectivity index (χ0n) is 18.6.